The smallest absolute Gasteiger partial charge is 0.109 e. The van der Waals surface area contributed by atoms with E-state index in [-0.39, 0.29) is 0 Å². The summed E-state index contributed by atoms with van der Waals surface area (Å²) in [6.07, 6.45) is 4.58. The number of nitrogens with two attached hydrogens (primary N) is 1. The summed E-state index contributed by atoms with van der Waals surface area (Å²) in [6.45, 7) is 5.47. The number of rotatable bonds is 5. The third kappa shape index (κ3) is 2.43. The number of hydrogen-bond donors (Lipinski definition) is 1. The lowest BCUT2D eigenvalue weighted by molar-refractivity contribution is 0.611. The topological polar surface area (TPSA) is 43.8 Å². The van der Waals surface area contributed by atoms with Crippen LogP contribution in [0.3, 0.4) is 0 Å². The monoisotopic (exact) mass is 231 g/mol. The van der Waals surface area contributed by atoms with Crippen LogP contribution in [0.5, 0.6) is 0 Å². The standard InChI is InChI=1S/C14H21N3/c1-3-5-9-17-13-8-7-11(15)10-12(13)16-14(17)6-4-2/h7-8,10H,3-6,9,15H2,1-2H3. The van der Waals surface area contributed by atoms with Gasteiger partial charge in [0.1, 0.15) is 5.82 Å². The van der Waals surface area contributed by atoms with Crippen molar-refractivity contribution in [2.75, 3.05) is 5.73 Å². The quantitative estimate of drug-likeness (QED) is 0.802. The SMILES string of the molecule is CCCCn1c(CCC)nc2cc(N)ccc21. The van der Waals surface area contributed by atoms with Crippen LogP contribution in [0.2, 0.25) is 0 Å². The molecule has 92 valence electrons. The highest BCUT2D eigenvalue weighted by atomic mass is 15.1. The van der Waals surface area contributed by atoms with Crippen LogP contribution in [0.4, 0.5) is 5.69 Å². The molecule has 0 aliphatic heterocycles. The van der Waals surface area contributed by atoms with Crippen molar-refractivity contribution in [2.24, 2.45) is 0 Å². The molecule has 0 aliphatic carbocycles. The second-order valence-electron chi connectivity index (χ2n) is 4.53. The van der Waals surface area contributed by atoms with E-state index in [0.717, 1.165) is 30.6 Å². The molecule has 3 nitrogen and oxygen atoms in total. The number of imidazole rings is 1. The molecule has 0 spiro atoms. The first-order chi connectivity index (χ1) is 8.26. The molecule has 0 amide bonds. The number of unbranched alkanes of at least 4 members (excludes halogenated alkanes) is 1. The lowest BCUT2D eigenvalue weighted by Crippen LogP contribution is -2.03. The summed E-state index contributed by atoms with van der Waals surface area (Å²) in [5.41, 5.74) is 8.85. The highest BCUT2D eigenvalue weighted by Gasteiger charge is 2.09. The van der Waals surface area contributed by atoms with E-state index in [1.807, 2.05) is 12.1 Å². The van der Waals surface area contributed by atoms with Crippen molar-refractivity contribution in [1.82, 2.24) is 9.55 Å². The molecule has 1 aromatic carbocycles. The van der Waals surface area contributed by atoms with Crippen LogP contribution in [-0.2, 0) is 13.0 Å². The summed E-state index contributed by atoms with van der Waals surface area (Å²) in [7, 11) is 0. The van der Waals surface area contributed by atoms with E-state index >= 15 is 0 Å². The zero-order valence-electron chi connectivity index (χ0n) is 10.7. The Hall–Kier alpha value is -1.51. The molecule has 3 heteroatoms. The van der Waals surface area contributed by atoms with Crippen LogP contribution in [0, 0.1) is 0 Å². The van der Waals surface area contributed by atoms with E-state index in [2.05, 4.69) is 24.5 Å². The normalized spacial score (nSPS) is 11.2. The van der Waals surface area contributed by atoms with Gasteiger partial charge in [-0.25, -0.2) is 4.98 Å². The Morgan fingerprint density at radius 3 is 2.76 bits per heavy atom. The Kier molecular flexibility index (Phi) is 3.67. The molecule has 0 unspecified atom stereocenters. The van der Waals surface area contributed by atoms with Gasteiger partial charge < -0.3 is 10.3 Å². The Morgan fingerprint density at radius 1 is 1.24 bits per heavy atom. The number of hydrogen-bond acceptors (Lipinski definition) is 2. The number of nitrogen functional groups attached to an aromatic ring is 1. The van der Waals surface area contributed by atoms with Crippen LogP contribution < -0.4 is 5.73 Å². The van der Waals surface area contributed by atoms with Gasteiger partial charge in [0.2, 0.25) is 0 Å². The van der Waals surface area contributed by atoms with Gasteiger partial charge in [0.05, 0.1) is 11.0 Å². The zero-order valence-corrected chi connectivity index (χ0v) is 10.7. The molecule has 1 heterocycles. The second-order valence-corrected chi connectivity index (χ2v) is 4.53. The first-order valence-electron chi connectivity index (χ1n) is 6.51. The van der Waals surface area contributed by atoms with Crippen molar-refractivity contribution in [3.05, 3.63) is 24.0 Å². The third-order valence-electron chi connectivity index (χ3n) is 3.06. The van der Waals surface area contributed by atoms with Crippen molar-refractivity contribution >= 4 is 16.7 Å². The van der Waals surface area contributed by atoms with Gasteiger partial charge >= 0.3 is 0 Å². The summed E-state index contributed by atoms with van der Waals surface area (Å²) in [6, 6.07) is 6.02. The molecular formula is C14H21N3. The molecule has 0 bridgehead atoms. The molecule has 0 saturated carbocycles. The van der Waals surface area contributed by atoms with E-state index in [0.29, 0.717) is 0 Å². The molecular weight excluding hydrogens is 210 g/mol. The average Bonchev–Trinajstić information content (AvgIpc) is 2.63. The summed E-state index contributed by atoms with van der Waals surface area (Å²) in [5.74, 6) is 1.20. The lowest BCUT2D eigenvalue weighted by Gasteiger charge is -2.07. The largest absolute Gasteiger partial charge is 0.399 e. The summed E-state index contributed by atoms with van der Waals surface area (Å²) >= 11 is 0. The molecule has 0 fully saturated rings. The minimum absolute atomic E-state index is 0.792. The van der Waals surface area contributed by atoms with Gasteiger partial charge in [-0.05, 0) is 31.0 Å². The summed E-state index contributed by atoms with van der Waals surface area (Å²) in [4.78, 5) is 4.70. The minimum Gasteiger partial charge on any atom is -0.399 e. The fraction of sp³-hybridized carbons (Fsp3) is 0.500. The number of anilines is 1. The number of aromatic nitrogens is 2. The summed E-state index contributed by atoms with van der Waals surface area (Å²) in [5, 5.41) is 0. The predicted molar refractivity (Wildman–Crippen MR) is 73.0 cm³/mol. The fourth-order valence-corrected chi connectivity index (χ4v) is 2.18. The minimum atomic E-state index is 0.792. The maximum atomic E-state index is 5.81. The average molecular weight is 231 g/mol. The van der Waals surface area contributed by atoms with E-state index < -0.39 is 0 Å². The fourth-order valence-electron chi connectivity index (χ4n) is 2.18. The van der Waals surface area contributed by atoms with Gasteiger partial charge in [-0.2, -0.15) is 0 Å². The van der Waals surface area contributed by atoms with Crippen molar-refractivity contribution in [3.8, 4) is 0 Å². The molecule has 0 aliphatic rings. The van der Waals surface area contributed by atoms with Crippen molar-refractivity contribution in [3.63, 3.8) is 0 Å². The first-order valence-corrected chi connectivity index (χ1v) is 6.51. The van der Waals surface area contributed by atoms with E-state index in [1.54, 1.807) is 0 Å². The van der Waals surface area contributed by atoms with Gasteiger partial charge in [-0.15, -0.1) is 0 Å². The van der Waals surface area contributed by atoms with Gasteiger partial charge in [0.25, 0.3) is 0 Å². The van der Waals surface area contributed by atoms with Gasteiger partial charge in [0, 0.05) is 18.7 Å². The Balaban J connectivity index is 2.46. The molecule has 2 N–H and O–H groups in total. The van der Waals surface area contributed by atoms with Crippen LogP contribution in [0.1, 0.15) is 38.9 Å². The molecule has 1 aromatic heterocycles. The van der Waals surface area contributed by atoms with E-state index in [1.165, 1.54) is 24.2 Å². The predicted octanol–water partition coefficient (Wildman–Crippen LogP) is 3.37. The van der Waals surface area contributed by atoms with Crippen molar-refractivity contribution in [2.45, 2.75) is 46.1 Å². The molecule has 0 radical (unpaired) electrons. The Labute approximate surface area is 103 Å². The maximum Gasteiger partial charge on any atom is 0.109 e. The number of fused-ring (bicyclic) bond motifs is 1. The molecule has 0 atom stereocenters. The number of aryl methyl sites for hydroxylation is 2. The first kappa shape index (κ1) is 12.0. The van der Waals surface area contributed by atoms with Gasteiger partial charge in [0.15, 0.2) is 0 Å². The number of benzene rings is 1. The third-order valence-corrected chi connectivity index (χ3v) is 3.06. The number of nitrogens with zero attached hydrogens (tertiary/aromatic N) is 2. The van der Waals surface area contributed by atoms with Crippen LogP contribution in [0.25, 0.3) is 11.0 Å². The van der Waals surface area contributed by atoms with Crippen molar-refractivity contribution in [1.29, 1.82) is 0 Å². The van der Waals surface area contributed by atoms with Crippen LogP contribution in [-0.4, -0.2) is 9.55 Å². The van der Waals surface area contributed by atoms with E-state index in [4.69, 9.17) is 10.7 Å². The van der Waals surface area contributed by atoms with Crippen molar-refractivity contribution < 1.29 is 0 Å². The maximum absolute atomic E-state index is 5.81. The Bertz CT molecular complexity index is 499. The van der Waals surface area contributed by atoms with Gasteiger partial charge in [-0.1, -0.05) is 20.3 Å². The summed E-state index contributed by atoms with van der Waals surface area (Å²) < 4.78 is 2.35. The molecule has 2 aromatic rings. The highest BCUT2D eigenvalue weighted by Crippen LogP contribution is 2.20. The second kappa shape index (κ2) is 5.21. The molecule has 17 heavy (non-hydrogen) atoms. The highest BCUT2D eigenvalue weighted by molar-refractivity contribution is 5.79. The molecule has 2 rings (SSSR count). The van der Waals surface area contributed by atoms with E-state index in [9.17, 15) is 0 Å². The zero-order chi connectivity index (χ0) is 12.3. The Morgan fingerprint density at radius 2 is 2.06 bits per heavy atom. The lowest BCUT2D eigenvalue weighted by atomic mass is 10.2. The van der Waals surface area contributed by atoms with Gasteiger partial charge in [-0.3, -0.25) is 0 Å². The van der Waals surface area contributed by atoms with Crippen LogP contribution >= 0.6 is 0 Å². The van der Waals surface area contributed by atoms with Crippen LogP contribution in [0.15, 0.2) is 18.2 Å². The molecule has 0 saturated heterocycles.